The number of benzene rings is 2. The molecule has 0 fully saturated rings. The van der Waals surface area contributed by atoms with E-state index in [1.807, 2.05) is 0 Å². The van der Waals surface area contributed by atoms with Gasteiger partial charge in [0.05, 0.1) is 14.2 Å². The number of methoxy groups -OCH3 is 2. The maximum Gasteiger partial charge on any atom is 0.331 e. The second-order valence-corrected chi connectivity index (χ2v) is 6.49. The molecule has 0 saturated carbocycles. The molecule has 2 aromatic carbocycles. The molecule has 0 unspecified atom stereocenters. The zero-order valence-electron chi connectivity index (χ0n) is 15.3. The molecule has 0 aromatic heterocycles. The highest BCUT2D eigenvalue weighted by atomic mass is 79.9. The number of rotatable bonds is 8. The van der Waals surface area contributed by atoms with Crippen LogP contribution in [-0.2, 0) is 20.9 Å². The molecule has 0 radical (unpaired) electrons. The van der Waals surface area contributed by atoms with Crippen LogP contribution in [-0.4, -0.2) is 32.7 Å². The van der Waals surface area contributed by atoms with E-state index in [4.69, 9.17) is 14.2 Å². The Hall–Kier alpha value is -2.87. The third-order valence-corrected chi connectivity index (χ3v) is 4.13. The summed E-state index contributed by atoms with van der Waals surface area (Å²) in [5, 5.41) is 2.63. The monoisotopic (exact) mass is 451 g/mol. The average Bonchev–Trinajstić information content (AvgIpc) is 2.70. The van der Waals surface area contributed by atoms with Gasteiger partial charge in [0.1, 0.15) is 5.82 Å². The number of carbonyl (C=O) groups is 2. The molecule has 6 nitrogen and oxygen atoms in total. The number of amides is 1. The summed E-state index contributed by atoms with van der Waals surface area (Å²) in [5.41, 5.74) is 1.02. The van der Waals surface area contributed by atoms with Crippen LogP contribution < -0.4 is 14.8 Å². The number of ether oxygens (including phenoxy) is 3. The van der Waals surface area contributed by atoms with Crippen molar-refractivity contribution < 1.29 is 28.2 Å². The molecule has 1 N–H and O–H groups in total. The van der Waals surface area contributed by atoms with E-state index in [2.05, 4.69) is 21.2 Å². The predicted octanol–water partition coefficient (Wildman–Crippen LogP) is 3.48. The zero-order valence-corrected chi connectivity index (χ0v) is 16.9. The normalized spacial score (nSPS) is 10.6. The lowest BCUT2D eigenvalue weighted by Crippen LogP contribution is -2.28. The van der Waals surface area contributed by atoms with Crippen molar-refractivity contribution in [1.29, 1.82) is 0 Å². The zero-order chi connectivity index (χ0) is 20.5. The fourth-order valence-corrected chi connectivity index (χ4v) is 2.61. The summed E-state index contributed by atoms with van der Waals surface area (Å²) in [6.45, 7) is -0.215. The van der Waals surface area contributed by atoms with Gasteiger partial charge in [-0.05, 0) is 42.0 Å². The van der Waals surface area contributed by atoms with E-state index >= 15 is 0 Å². The van der Waals surface area contributed by atoms with Crippen molar-refractivity contribution in [2.24, 2.45) is 0 Å². The average molecular weight is 452 g/mol. The quantitative estimate of drug-likeness (QED) is 0.491. The highest BCUT2D eigenvalue weighted by molar-refractivity contribution is 9.10. The van der Waals surface area contributed by atoms with Crippen molar-refractivity contribution >= 4 is 33.9 Å². The molecule has 2 aromatic rings. The van der Waals surface area contributed by atoms with Gasteiger partial charge in [0.15, 0.2) is 18.1 Å². The highest BCUT2D eigenvalue weighted by Crippen LogP contribution is 2.27. The third-order valence-electron chi connectivity index (χ3n) is 3.64. The van der Waals surface area contributed by atoms with Crippen LogP contribution in [0.4, 0.5) is 4.39 Å². The fraction of sp³-hybridized carbons (Fsp3) is 0.200. The molecule has 2 rings (SSSR count). The first-order valence-electron chi connectivity index (χ1n) is 8.20. The van der Waals surface area contributed by atoms with Gasteiger partial charge in [0, 0.05) is 22.7 Å². The van der Waals surface area contributed by atoms with Crippen molar-refractivity contribution in [2.75, 3.05) is 20.8 Å². The van der Waals surface area contributed by atoms with E-state index in [-0.39, 0.29) is 12.1 Å². The Morgan fingerprint density at radius 3 is 2.57 bits per heavy atom. The standard InChI is InChI=1S/C20H19BrFNO5/c1-26-17-7-3-13(9-18(17)27-2)11-23-19(24)12-28-20(25)8-4-14-10-15(21)5-6-16(14)22/h3-10H,11-12H2,1-2H3,(H,23,24)/b8-4+. The number of esters is 1. The number of hydrogen-bond acceptors (Lipinski definition) is 5. The predicted molar refractivity (Wildman–Crippen MR) is 105 cm³/mol. The Morgan fingerprint density at radius 2 is 1.86 bits per heavy atom. The van der Waals surface area contributed by atoms with Gasteiger partial charge < -0.3 is 19.5 Å². The summed E-state index contributed by atoms with van der Waals surface area (Å²) in [7, 11) is 3.06. The Labute approximate surface area is 170 Å². The molecule has 0 aliphatic rings. The molecule has 1 amide bonds. The molecule has 0 heterocycles. The van der Waals surface area contributed by atoms with Gasteiger partial charge in [0.2, 0.25) is 0 Å². The van der Waals surface area contributed by atoms with Crippen LogP contribution in [0.3, 0.4) is 0 Å². The first-order chi connectivity index (χ1) is 13.4. The largest absolute Gasteiger partial charge is 0.493 e. The first kappa shape index (κ1) is 21.4. The number of hydrogen-bond donors (Lipinski definition) is 1. The molecule has 0 bridgehead atoms. The Kier molecular flexibility index (Phi) is 8.01. The molecule has 148 valence electrons. The van der Waals surface area contributed by atoms with Crippen LogP contribution in [0.1, 0.15) is 11.1 Å². The Balaban J connectivity index is 1.81. The summed E-state index contributed by atoms with van der Waals surface area (Å²) in [6, 6.07) is 9.59. The lowest BCUT2D eigenvalue weighted by Gasteiger charge is -2.10. The Bertz CT molecular complexity index is 885. The molecule has 8 heteroatoms. The molecule has 0 aliphatic heterocycles. The van der Waals surface area contributed by atoms with Crippen LogP contribution >= 0.6 is 15.9 Å². The van der Waals surface area contributed by atoms with Gasteiger partial charge in [-0.15, -0.1) is 0 Å². The van der Waals surface area contributed by atoms with Crippen LogP contribution in [0.5, 0.6) is 11.5 Å². The van der Waals surface area contributed by atoms with Crippen LogP contribution in [0.2, 0.25) is 0 Å². The molecular weight excluding hydrogens is 433 g/mol. The summed E-state index contributed by atoms with van der Waals surface area (Å²) in [4.78, 5) is 23.5. The van der Waals surface area contributed by atoms with E-state index in [0.717, 1.165) is 11.6 Å². The lowest BCUT2D eigenvalue weighted by atomic mass is 10.2. The SMILES string of the molecule is COc1ccc(CNC(=O)COC(=O)/C=C/c2cc(Br)ccc2F)cc1OC. The minimum absolute atomic E-state index is 0.226. The highest BCUT2D eigenvalue weighted by Gasteiger charge is 2.08. The summed E-state index contributed by atoms with van der Waals surface area (Å²) < 4.78 is 29.5. The summed E-state index contributed by atoms with van der Waals surface area (Å²) >= 11 is 3.22. The Morgan fingerprint density at radius 1 is 1.11 bits per heavy atom. The second kappa shape index (κ2) is 10.5. The lowest BCUT2D eigenvalue weighted by molar-refractivity contribution is -0.143. The smallest absolute Gasteiger partial charge is 0.331 e. The second-order valence-electron chi connectivity index (χ2n) is 5.57. The van der Waals surface area contributed by atoms with Crippen LogP contribution in [0.25, 0.3) is 6.08 Å². The van der Waals surface area contributed by atoms with Gasteiger partial charge >= 0.3 is 5.97 Å². The third kappa shape index (κ3) is 6.38. The van der Waals surface area contributed by atoms with Gasteiger partial charge in [-0.25, -0.2) is 9.18 Å². The van der Waals surface area contributed by atoms with Crippen LogP contribution in [0, 0.1) is 5.82 Å². The molecule has 28 heavy (non-hydrogen) atoms. The maximum atomic E-state index is 13.6. The number of carbonyl (C=O) groups excluding carboxylic acids is 2. The molecule has 0 aliphatic carbocycles. The maximum absolute atomic E-state index is 13.6. The fourth-order valence-electron chi connectivity index (χ4n) is 2.23. The van der Waals surface area contributed by atoms with Crippen molar-refractivity contribution in [2.45, 2.75) is 6.54 Å². The summed E-state index contributed by atoms with van der Waals surface area (Å²) in [5.74, 6) is -0.559. The minimum Gasteiger partial charge on any atom is -0.493 e. The van der Waals surface area contributed by atoms with E-state index in [0.29, 0.717) is 16.0 Å². The molecule has 0 atom stereocenters. The van der Waals surface area contributed by atoms with Crippen molar-refractivity contribution in [3.63, 3.8) is 0 Å². The minimum atomic E-state index is -0.749. The van der Waals surface area contributed by atoms with Crippen molar-refractivity contribution in [3.05, 3.63) is 63.9 Å². The van der Waals surface area contributed by atoms with E-state index in [1.165, 1.54) is 32.4 Å². The van der Waals surface area contributed by atoms with Gasteiger partial charge in [-0.2, -0.15) is 0 Å². The number of halogens is 2. The summed E-state index contributed by atoms with van der Waals surface area (Å²) in [6.07, 6.45) is 2.34. The van der Waals surface area contributed by atoms with Gasteiger partial charge in [-0.3, -0.25) is 4.79 Å². The first-order valence-corrected chi connectivity index (χ1v) is 8.99. The van der Waals surface area contributed by atoms with Crippen molar-refractivity contribution in [1.82, 2.24) is 5.32 Å². The van der Waals surface area contributed by atoms with E-state index in [9.17, 15) is 14.0 Å². The van der Waals surface area contributed by atoms with Crippen LogP contribution in [0.15, 0.2) is 46.9 Å². The molecular formula is C20H19BrFNO5. The van der Waals surface area contributed by atoms with E-state index in [1.54, 1.807) is 24.3 Å². The van der Waals surface area contributed by atoms with Crippen molar-refractivity contribution in [3.8, 4) is 11.5 Å². The number of nitrogens with one attached hydrogen (secondary N) is 1. The molecule has 0 spiro atoms. The topological polar surface area (TPSA) is 73.9 Å². The van der Waals surface area contributed by atoms with Gasteiger partial charge in [0.25, 0.3) is 5.91 Å². The van der Waals surface area contributed by atoms with E-state index < -0.39 is 24.3 Å². The van der Waals surface area contributed by atoms with Gasteiger partial charge in [-0.1, -0.05) is 22.0 Å². The molecule has 0 saturated heterocycles.